The molecule has 2 rings (SSSR count). The first kappa shape index (κ1) is 17.8. The van der Waals surface area contributed by atoms with E-state index in [1.165, 1.54) is 0 Å². The number of benzene rings is 1. The molecular formula is C19H25N3O2. The van der Waals surface area contributed by atoms with Gasteiger partial charge in [-0.25, -0.2) is 4.79 Å². The fraction of sp³-hybridized carbons (Fsp3) is 0.368. The zero-order chi connectivity index (χ0) is 17.6. The summed E-state index contributed by atoms with van der Waals surface area (Å²) in [7, 11) is 1.63. The van der Waals surface area contributed by atoms with Gasteiger partial charge in [-0.2, -0.15) is 0 Å². The quantitative estimate of drug-likeness (QED) is 0.849. The van der Waals surface area contributed by atoms with Crippen molar-refractivity contribution in [3.8, 4) is 5.75 Å². The minimum Gasteiger partial charge on any atom is -0.496 e. The van der Waals surface area contributed by atoms with Crippen molar-refractivity contribution >= 4 is 6.03 Å². The molecule has 0 aliphatic rings. The lowest BCUT2D eigenvalue weighted by Crippen LogP contribution is -2.47. The second-order valence-corrected chi connectivity index (χ2v) is 6.17. The van der Waals surface area contributed by atoms with E-state index in [1.807, 2.05) is 57.2 Å². The Bertz CT molecular complexity index is 671. The van der Waals surface area contributed by atoms with Crippen LogP contribution in [0.3, 0.4) is 0 Å². The van der Waals surface area contributed by atoms with Gasteiger partial charge in [0.1, 0.15) is 5.75 Å². The van der Waals surface area contributed by atoms with Gasteiger partial charge in [-0.3, -0.25) is 4.98 Å². The average molecular weight is 327 g/mol. The summed E-state index contributed by atoms with van der Waals surface area (Å²) in [6.45, 7) is 5.95. The van der Waals surface area contributed by atoms with Gasteiger partial charge in [0.2, 0.25) is 0 Å². The molecular weight excluding hydrogens is 302 g/mol. The van der Waals surface area contributed by atoms with Gasteiger partial charge in [0.15, 0.2) is 0 Å². The van der Waals surface area contributed by atoms with Gasteiger partial charge < -0.3 is 15.4 Å². The van der Waals surface area contributed by atoms with Crippen LogP contribution in [0.5, 0.6) is 5.75 Å². The molecule has 0 aliphatic carbocycles. The normalized spacial score (nSPS) is 12.3. The molecule has 1 aromatic heterocycles. The molecule has 2 amide bonds. The number of carbonyl (C=O) groups excluding carboxylic acids is 1. The Kier molecular flexibility index (Phi) is 5.79. The van der Waals surface area contributed by atoms with Crippen molar-refractivity contribution in [2.24, 2.45) is 0 Å². The lowest BCUT2D eigenvalue weighted by molar-refractivity contribution is 0.225. The molecule has 0 bridgehead atoms. The van der Waals surface area contributed by atoms with E-state index in [0.717, 1.165) is 23.3 Å². The number of para-hydroxylation sites is 1. The van der Waals surface area contributed by atoms with Gasteiger partial charge in [0.25, 0.3) is 0 Å². The Labute approximate surface area is 143 Å². The Morgan fingerprint density at radius 2 is 1.88 bits per heavy atom. The summed E-state index contributed by atoms with van der Waals surface area (Å²) < 4.78 is 5.41. The number of carbonyl (C=O) groups is 1. The summed E-state index contributed by atoms with van der Waals surface area (Å²) >= 11 is 0. The molecule has 2 aromatic rings. The molecule has 1 atom stereocenters. The molecule has 1 heterocycles. The lowest BCUT2D eigenvalue weighted by atomic mass is 9.93. The van der Waals surface area contributed by atoms with Gasteiger partial charge in [-0.15, -0.1) is 0 Å². The smallest absolute Gasteiger partial charge is 0.315 e. The second kappa shape index (κ2) is 7.81. The summed E-state index contributed by atoms with van der Waals surface area (Å²) in [5.74, 6) is 0.754. The Balaban J connectivity index is 2.10. The summed E-state index contributed by atoms with van der Waals surface area (Å²) in [6, 6.07) is 11.3. The van der Waals surface area contributed by atoms with Crippen LogP contribution >= 0.6 is 0 Å². The van der Waals surface area contributed by atoms with E-state index in [2.05, 4.69) is 15.6 Å². The summed E-state index contributed by atoms with van der Waals surface area (Å²) in [4.78, 5) is 16.5. The van der Waals surface area contributed by atoms with Crippen LogP contribution in [-0.2, 0) is 5.54 Å². The number of hydrogen-bond donors (Lipinski definition) is 2. The fourth-order valence-corrected chi connectivity index (χ4v) is 2.72. The van der Waals surface area contributed by atoms with E-state index in [9.17, 15) is 4.79 Å². The number of aromatic nitrogens is 1. The third-order valence-electron chi connectivity index (χ3n) is 4.03. The van der Waals surface area contributed by atoms with Gasteiger partial charge in [0, 0.05) is 18.0 Å². The third kappa shape index (κ3) is 4.25. The fourth-order valence-electron chi connectivity index (χ4n) is 2.72. The predicted octanol–water partition coefficient (Wildman–Crippen LogP) is 3.78. The van der Waals surface area contributed by atoms with Crippen molar-refractivity contribution in [2.45, 2.75) is 38.8 Å². The van der Waals surface area contributed by atoms with Crippen LogP contribution in [-0.4, -0.2) is 18.1 Å². The highest BCUT2D eigenvalue weighted by molar-refractivity contribution is 5.75. The van der Waals surface area contributed by atoms with Crippen molar-refractivity contribution in [1.82, 2.24) is 15.6 Å². The summed E-state index contributed by atoms with van der Waals surface area (Å²) in [5, 5.41) is 6.06. The molecule has 0 spiro atoms. The van der Waals surface area contributed by atoms with Crippen molar-refractivity contribution in [3.63, 3.8) is 0 Å². The molecule has 0 unspecified atom stereocenters. The number of urea groups is 1. The van der Waals surface area contributed by atoms with Crippen LogP contribution in [0, 0.1) is 0 Å². The van der Waals surface area contributed by atoms with Crippen molar-refractivity contribution < 1.29 is 9.53 Å². The number of rotatable bonds is 6. The van der Waals surface area contributed by atoms with Crippen LogP contribution < -0.4 is 15.4 Å². The van der Waals surface area contributed by atoms with E-state index < -0.39 is 5.54 Å². The van der Waals surface area contributed by atoms with Gasteiger partial charge in [-0.05, 0) is 44.0 Å². The maximum atomic E-state index is 12.5. The van der Waals surface area contributed by atoms with E-state index in [4.69, 9.17) is 4.74 Å². The van der Waals surface area contributed by atoms with Crippen molar-refractivity contribution in [2.75, 3.05) is 7.11 Å². The van der Waals surface area contributed by atoms with E-state index in [-0.39, 0.29) is 12.1 Å². The molecule has 0 aliphatic heterocycles. The van der Waals surface area contributed by atoms with Crippen LogP contribution in [0.1, 0.15) is 44.4 Å². The largest absolute Gasteiger partial charge is 0.496 e. The first-order valence-corrected chi connectivity index (χ1v) is 8.10. The minimum atomic E-state index is -0.562. The topological polar surface area (TPSA) is 63.2 Å². The van der Waals surface area contributed by atoms with Gasteiger partial charge >= 0.3 is 6.03 Å². The van der Waals surface area contributed by atoms with Crippen LogP contribution in [0.15, 0.2) is 48.8 Å². The SMILES string of the molecule is CC[C@H](NC(=O)NC(C)(C)c1ccccc1OC)c1ccncc1. The number of nitrogens with one attached hydrogen (secondary N) is 2. The summed E-state index contributed by atoms with van der Waals surface area (Å²) in [6.07, 6.45) is 4.26. The van der Waals surface area contributed by atoms with Crippen molar-refractivity contribution in [3.05, 3.63) is 59.9 Å². The maximum Gasteiger partial charge on any atom is 0.315 e. The first-order valence-electron chi connectivity index (χ1n) is 8.10. The summed E-state index contributed by atoms with van der Waals surface area (Å²) in [5.41, 5.74) is 1.41. The molecule has 0 fully saturated rings. The molecule has 0 saturated carbocycles. The highest BCUT2D eigenvalue weighted by Gasteiger charge is 2.27. The number of nitrogens with zero attached hydrogens (tertiary/aromatic N) is 1. The van der Waals surface area contributed by atoms with E-state index in [1.54, 1.807) is 19.5 Å². The molecule has 128 valence electrons. The molecule has 0 saturated heterocycles. The third-order valence-corrected chi connectivity index (χ3v) is 4.03. The van der Waals surface area contributed by atoms with Gasteiger partial charge in [-0.1, -0.05) is 25.1 Å². The zero-order valence-electron chi connectivity index (χ0n) is 14.7. The first-order chi connectivity index (χ1) is 11.5. The number of methoxy groups -OCH3 is 1. The number of pyridine rings is 1. The highest BCUT2D eigenvalue weighted by Crippen LogP contribution is 2.29. The molecule has 2 N–H and O–H groups in total. The number of ether oxygens (including phenoxy) is 1. The minimum absolute atomic E-state index is 0.0542. The van der Waals surface area contributed by atoms with Crippen LogP contribution in [0.4, 0.5) is 4.79 Å². The lowest BCUT2D eigenvalue weighted by Gasteiger charge is -2.29. The number of hydrogen-bond acceptors (Lipinski definition) is 3. The molecule has 1 aromatic carbocycles. The maximum absolute atomic E-state index is 12.5. The van der Waals surface area contributed by atoms with Crippen LogP contribution in [0.25, 0.3) is 0 Å². The monoisotopic (exact) mass is 327 g/mol. The van der Waals surface area contributed by atoms with Crippen molar-refractivity contribution in [1.29, 1.82) is 0 Å². The van der Waals surface area contributed by atoms with Crippen LogP contribution in [0.2, 0.25) is 0 Å². The van der Waals surface area contributed by atoms with Gasteiger partial charge in [0.05, 0.1) is 18.7 Å². The van der Waals surface area contributed by atoms with E-state index >= 15 is 0 Å². The standard InChI is InChI=1S/C19H25N3O2/c1-5-16(14-10-12-20-13-11-14)21-18(23)22-19(2,3)15-8-6-7-9-17(15)24-4/h6-13,16H,5H2,1-4H3,(H2,21,22,23)/t16-/m0/s1. The Morgan fingerprint density at radius 3 is 2.50 bits per heavy atom. The molecule has 5 heteroatoms. The Hall–Kier alpha value is -2.56. The zero-order valence-corrected chi connectivity index (χ0v) is 14.7. The molecule has 0 radical (unpaired) electrons. The highest BCUT2D eigenvalue weighted by atomic mass is 16.5. The van der Waals surface area contributed by atoms with E-state index in [0.29, 0.717) is 0 Å². The molecule has 5 nitrogen and oxygen atoms in total. The Morgan fingerprint density at radius 1 is 1.21 bits per heavy atom. The second-order valence-electron chi connectivity index (χ2n) is 6.17. The average Bonchev–Trinajstić information content (AvgIpc) is 2.60. The predicted molar refractivity (Wildman–Crippen MR) is 95.0 cm³/mol. The number of amides is 2. The molecule has 24 heavy (non-hydrogen) atoms.